The van der Waals surface area contributed by atoms with Crippen LogP contribution in [0.4, 0.5) is 4.79 Å². The average Bonchev–Trinajstić information content (AvgIpc) is 2.66. The molecule has 0 spiro atoms. The van der Waals surface area contributed by atoms with E-state index in [4.69, 9.17) is 14.9 Å². The van der Waals surface area contributed by atoms with Gasteiger partial charge in [-0.3, -0.25) is 9.59 Å². The lowest BCUT2D eigenvalue weighted by atomic mass is 10.1. The number of esters is 1. The first-order valence-corrected chi connectivity index (χ1v) is 10.1. The maximum Gasteiger partial charge on any atom is 0.326 e. The summed E-state index contributed by atoms with van der Waals surface area (Å²) in [6, 6.07) is -4.00. The van der Waals surface area contributed by atoms with Gasteiger partial charge in [-0.2, -0.15) is 0 Å². The highest BCUT2D eigenvalue weighted by atomic mass is 16.5. The topological polar surface area (TPSA) is 179 Å². The zero-order valence-corrected chi connectivity index (χ0v) is 17.2. The highest BCUT2D eigenvalue weighted by Crippen LogP contribution is 2.06. The fraction of sp³-hybridized carbons (Fsp3) is 0.737. The third-order valence-electron chi connectivity index (χ3n) is 4.25. The zero-order chi connectivity index (χ0) is 22.9. The van der Waals surface area contributed by atoms with Crippen LogP contribution in [0.25, 0.3) is 0 Å². The van der Waals surface area contributed by atoms with Crippen molar-refractivity contribution < 1.29 is 44.0 Å². The molecule has 0 heterocycles. The van der Waals surface area contributed by atoms with Crippen molar-refractivity contribution in [1.29, 1.82) is 0 Å². The lowest BCUT2D eigenvalue weighted by molar-refractivity contribution is -0.145. The molecule has 0 saturated carbocycles. The Balaban J connectivity index is 4.31. The van der Waals surface area contributed by atoms with Gasteiger partial charge in [0.05, 0.1) is 6.61 Å². The SMILES string of the molecule is CCCCCCCCOC(=O)CCC(NC(=O)NC(CCC(=O)O)C(=O)O)C(=O)O. The minimum absolute atomic E-state index is 0.228. The molecule has 2 unspecified atom stereocenters. The standard InChI is InChI=1S/C19H32N2O9/c1-2-3-4-5-6-7-12-30-16(24)11-9-14(18(27)28)21-19(29)20-13(17(25)26)8-10-15(22)23/h13-14H,2-12H2,1H3,(H,22,23)(H,25,26)(H,27,28)(H2,20,21,29). The van der Waals surface area contributed by atoms with Gasteiger partial charge < -0.3 is 30.7 Å². The van der Waals surface area contributed by atoms with E-state index in [0.717, 1.165) is 32.1 Å². The average molecular weight is 432 g/mol. The molecule has 0 aromatic rings. The molecule has 172 valence electrons. The Kier molecular flexibility index (Phi) is 14.5. The summed E-state index contributed by atoms with van der Waals surface area (Å²) in [5.41, 5.74) is 0. The Morgan fingerprint density at radius 2 is 1.27 bits per heavy atom. The molecular weight excluding hydrogens is 400 g/mol. The molecule has 2 amide bonds. The van der Waals surface area contributed by atoms with Gasteiger partial charge >= 0.3 is 29.9 Å². The van der Waals surface area contributed by atoms with E-state index in [1.165, 1.54) is 6.42 Å². The summed E-state index contributed by atoms with van der Waals surface area (Å²) in [5, 5.41) is 30.9. The summed E-state index contributed by atoms with van der Waals surface area (Å²) >= 11 is 0. The van der Waals surface area contributed by atoms with Crippen LogP contribution >= 0.6 is 0 Å². The molecule has 0 fully saturated rings. The Labute approximate surface area is 175 Å². The molecular formula is C19H32N2O9. The summed E-state index contributed by atoms with van der Waals surface area (Å²) in [6.07, 6.45) is 4.89. The van der Waals surface area contributed by atoms with E-state index in [9.17, 15) is 29.1 Å². The summed E-state index contributed by atoms with van der Waals surface area (Å²) in [5.74, 6) is -4.66. The van der Waals surface area contributed by atoms with Gasteiger partial charge in [0, 0.05) is 12.8 Å². The van der Waals surface area contributed by atoms with Gasteiger partial charge in [0.15, 0.2) is 0 Å². The van der Waals surface area contributed by atoms with Gasteiger partial charge in [-0.1, -0.05) is 39.0 Å². The molecule has 30 heavy (non-hydrogen) atoms. The molecule has 0 saturated heterocycles. The van der Waals surface area contributed by atoms with Crippen molar-refractivity contribution in [3.8, 4) is 0 Å². The first-order valence-electron chi connectivity index (χ1n) is 10.1. The normalized spacial score (nSPS) is 12.4. The molecule has 0 rings (SSSR count). The van der Waals surface area contributed by atoms with Crippen LogP contribution in [0.2, 0.25) is 0 Å². The first-order chi connectivity index (χ1) is 14.2. The second kappa shape index (κ2) is 16.0. The molecule has 2 atom stereocenters. The lowest BCUT2D eigenvalue weighted by Gasteiger charge is -2.18. The van der Waals surface area contributed by atoms with Crippen molar-refractivity contribution in [3.05, 3.63) is 0 Å². The molecule has 5 N–H and O–H groups in total. The molecule has 0 aliphatic heterocycles. The fourth-order valence-electron chi connectivity index (χ4n) is 2.54. The maximum atomic E-state index is 11.9. The number of aliphatic carboxylic acids is 3. The molecule has 0 aliphatic carbocycles. The summed E-state index contributed by atoms with van der Waals surface area (Å²) in [7, 11) is 0. The van der Waals surface area contributed by atoms with Gasteiger partial charge in [0.2, 0.25) is 0 Å². The van der Waals surface area contributed by atoms with Crippen molar-refractivity contribution >= 4 is 29.9 Å². The third kappa shape index (κ3) is 14.2. The molecule has 11 heteroatoms. The summed E-state index contributed by atoms with van der Waals surface area (Å²) in [6.45, 7) is 2.37. The van der Waals surface area contributed by atoms with Gasteiger partial charge in [-0.05, 0) is 19.3 Å². The predicted octanol–water partition coefficient (Wildman–Crippen LogP) is 1.74. The number of nitrogens with one attached hydrogen (secondary N) is 2. The van der Waals surface area contributed by atoms with Crippen LogP contribution in [0.5, 0.6) is 0 Å². The molecule has 0 aliphatic rings. The third-order valence-corrected chi connectivity index (χ3v) is 4.25. The van der Waals surface area contributed by atoms with E-state index in [0.29, 0.717) is 0 Å². The number of carbonyl (C=O) groups excluding carboxylic acids is 2. The van der Waals surface area contributed by atoms with E-state index in [-0.39, 0.29) is 25.9 Å². The number of amides is 2. The van der Waals surface area contributed by atoms with Crippen LogP contribution in [0.1, 0.15) is 71.1 Å². The number of ether oxygens (including phenoxy) is 1. The summed E-state index contributed by atoms with van der Waals surface area (Å²) < 4.78 is 5.04. The molecule has 0 radical (unpaired) electrons. The molecule has 11 nitrogen and oxygen atoms in total. The van der Waals surface area contributed by atoms with Crippen molar-refractivity contribution in [2.45, 2.75) is 83.2 Å². The van der Waals surface area contributed by atoms with Crippen LogP contribution in [0.3, 0.4) is 0 Å². The second-order valence-electron chi connectivity index (χ2n) is 6.86. The van der Waals surface area contributed by atoms with Crippen LogP contribution in [-0.4, -0.2) is 63.9 Å². The fourth-order valence-corrected chi connectivity index (χ4v) is 2.54. The van der Waals surface area contributed by atoms with Crippen molar-refractivity contribution in [3.63, 3.8) is 0 Å². The second-order valence-corrected chi connectivity index (χ2v) is 6.86. The Morgan fingerprint density at radius 3 is 1.77 bits per heavy atom. The van der Waals surface area contributed by atoms with E-state index in [1.54, 1.807) is 0 Å². The Hall–Kier alpha value is -2.85. The monoisotopic (exact) mass is 432 g/mol. The number of carboxylic acid groups (broad SMARTS) is 3. The zero-order valence-electron chi connectivity index (χ0n) is 17.2. The van der Waals surface area contributed by atoms with E-state index >= 15 is 0 Å². The largest absolute Gasteiger partial charge is 0.481 e. The van der Waals surface area contributed by atoms with Crippen molar-refractivity contribution in [2.75, 3.05) is 6.61 Å². The van der Waals surface area contributed by atoms with Crippen molar-refractivity contribution in [1.82, 2.24) is 10.6 Å². The number of urea groups is 1. The van der Waals surface area contributed by atoms with Crippen LogP contribution < -0.4 is 10.6 Å². The Morgan fingerprint density at radius 1 is 0.767 bits per heavy atom. The van der Waals surface area contributed by atoms with Crippen LogP contribution in [-0.2, 0) is 23.9 Å². The van der Waals surface area contributed by atoms with E-state index in [1.807, 2.05) is 5.32 Å². The van der Waals surface area contributed by atoms with Gasteiger partial charge in [0.1, 0.15) is 12.1 Å². The van der Waals surface area contributed by atoms with E-state index in [2.05, 4.69) is 12.2 Å². The van der Waals surface area contributed by atoms with Crippen molar-refractivity contribution in [2.24, 2.45) is 0 Å². The minimum Gasteiger partial charge on any atom is -0.481 e. The number of hydrogen-bond acceptors (Lipinski definition) is 6. The van der Waals surface area contributed by atoms with Crippen LogP contribution in [0, 0.1) is 0 Å². The number of carbonyl (C=O) groups is 5. The molecule has 0 bridgehead atoms. The highest BCUT2D eigenvalue weighted by Gasteiger charge is 2.25. The number of hydrogen-bond donors (Lipinski definition) is 5. The number of carboxylic acids is 3. The van der Waals surface area contributed by atoms with E-state index < -0.39 is 48.4 Å². The maximum absolute atomic E-state index is 11.9. The number of rotatable bonds is 17. The Bertz CT molecular complexity index is 580. The van der Waals surface area contributed by atoms with Crippen LogP contribution in [0.15, 0.2) is 0 Å². The van der Waals surface area contributed by atoms with Gasteiger partial charge in [-0.25, -0.2) is 14.4 Å². The highest BCUT2D eigenvalue weighted by molar-refractivity contribution is 5.86. The lowest BCUT2D eigenvalue weighted by Crippen LogP contribution is -2.51. The quantitative estimate of drug-likeness (QED) is 0.169. The summed E-state index contributed by atoms with van der Waals surface area (Å²) in [4.78, 5) is 56.5. The first kappa shape index (κ1) is 27.1. The molecule has 0 aromatic carbocycles. The number of unbranched alkanes of at least 4 members (excludes halogenated alkanes) is 5. The van der Waals surface area contributed by atoms with Gasteiger partial charge in [0.25, 0.3) is 0 Å². The smallest absolute Gasteiger partial charge is 0.326 e. The molecule has 0 aromatic heterocycles. The predicted molar refractivity (Wildman–Crippen MR) is 105 cm³/mol. The minimum atomic E-state index is -1.49. The van der Waals surface area contributed by atoms with Gasteiger partial charge in [-0.15, -0.1) is 0 Å².